The Morgan fingerprint density at radius 2 is 1.94 bits per heavy atom. The van der Waals surface area contributed by atoms with Gasteiger partial charge in [0.05, 0.1) is 0 Å². The summed E-state index contributed by atoms with van der Waals surface area (Å²) in [4.78, 5) is 19.6. The van der Waals surface area contributed by atoms with E-state index in [0.29, 0.717) is 11.4 Å². The van der Waals surface area contributed by atoms with E-state index in [-0.39, 0.29) is 5.91 Å². The summed E-state index contributed by atoms with van der Waals surface area (Å²) in [7, 11) is 0. The molecule has 0 aromatic carbocycles. The fraction of sp³-hybridized carbons (Fsp3) is 0. The lowest BCUT2D eigenvalue weighted by Crippen LogP contribution is -2.13. The first kappa shape index (κ1) is 10.8. The monoisotopic (exact) mass is 277 g/mol. The first-order valence-corrected chi connectivity index (χ1v) is 5.38. The lowest BCUT2D eigenvalue weighted by atomic mass is 10.3. The molecular formula is C11H8BrN3O. The van der Waals surface area contributed by atoms with E-state index < -0.39 is 0 Å². The third-order valence-electron chi connectivity index (χ3n) is 1.90. The highest BCUT2D eigenvalue weighted by Gasteiger charge is 2.06. The van der Waals surface area contributed by atoms with Crippen LogP contribution < -0.4 is 5.32 Å². The van der Waals surface area contributed by atoms with Gasteiger partial charge in [-0.2, -0.15) is 0 Å². The molecule has 0 aliphatic rings. The van der Waals surface area contributed by atoms with Gasteiger partial charge in [-0.05, 0) is 40.2 Å². The lowest BCUT2D eigenvalue weighted by molar-refractivity contribution is 0.102. The van der Waals surface area contributed by atoms with Crippen molar-refractivity contribution in [1.82, 2.24) is 9.97 Å². The Labute approximate surface area is 101 Å². The highest BCUT2D eigenvalue weighted by molar-refractivity contribution is 9.10. The fourth-order valence-electron chi connectivity index (χ4n) is 1.14. The highest BCUT2D eigenvalue weighted by Crippen LogP contribution is 2.09. The van der Waals surface area contributed by atoms with Gasteiger partial charge < -0.3 is 5.32 Å². The Hall–Kier alpha value is -1.75. The summed E-state index contributed by atoms with van der Waals surface area (Å²) >= 11 is 3.26. The first-order valence-electron chi connectivity index (χ1n) is 4.58. The molecule has 2 aromatic heterocycles. The number of nitrogens with one attached hydrogen (secondary N) is 1. The van der Waals surface area contributed by atoms with Gasteiger partial charge in [-0.25, -0.2) is 4.98 Å². The predicted molar refractivity (Wildman–Crippen MR) is 64.1 cm³/mol. The Morgan fingerprint density at radius 3 is 2.56 bits per heavy atom. The van der Waals surface area contributed by atoms with Gasteiger partial charge in [0.2, 0.25) is 0 Å². The number of aromatic nitrogens is 2. The summed E-state index contributed by atoms with van der Waals surface area (Å²) in [5.41, 5.74) is 1.07. The van der Waals surface area contributed by atoms with Crippen molar-refractivity contribution in [2.75, 3.05) is 5.32 Å². The van der Waals surface area contributed by atoms with Crippen LogP contribution >= 0.6 is 15.9 Å². The number of halogens is 1. The topological polar surface area (TPSA) is 54.9 Å². The molecule has 0 saturated heterocycles. The van der Waals surface area contributed by atoms with Crippen LogP contribution in [0.25, 0.3) is 0 Å². The number of anilines is 1. The van der Waals surface area contributed by atoms with Crippen LogP contribution in [0.3, 0.4) is 0 Å². The molecular weight excluding hydrogens is 270 g/mol. The molecule has 0 unspecified atom stereocenters. The number of carbonyl (C=O) groups is 1. The zero-order chi connectivity index (χ0) is 11.4. The van der Waals surface area contributed by atoms with E-state index in [1.807, 2.05) is 0 Å². The van der Waals surface area contributed by atoms with E-state index >= 15 is 0 Å². The summed E-state index contributed by atoms with van der Waals surface area (Å²) in [6.07, 6.45) is 4.82. The zero-order valence-electron chi connectivity index (χ0n) is 8.22. The van der Waals surface area contributed by atoms with Crippen molar-refractivity contribution in [2.45, 2.75) is 0 Å². The Balaban J connectivity index is 2.12. The number of pyridine rings is 2. The zero-order valence-corrected chi connectivity index (χ0v) is 9.81. The van der Waals surface area contributed by atoms with Crippen molar-refractivity contribution in [1.29, 1.82) is 0 Å². The summed E-state index contributed by atoms with van der Waals surface area (Å²) in [6, 6.07) is 6.86. The third kappa shape index (κ3) is 2.64. The first-order chi connectivity index (χ1) is 7.75. The average molecular weight is 278 g/mol. The standard InChI is InChI=1S/C11H8BrN3O/c12-8-1-2-10(14-7-8)11(16)15-9-3-5-13-6-4-9/h1-7H,(H,13,15,16). The summed E-state index contributed by atoms with van der Waals surface area (Å²) in [6.45, 7) is 0. The molecule has 4 nitrogen and oxygen atoms in total. The second-order valence-electron chi connectivity index (χ2n) is 3.05. The normalized spacial score (nSPS) is 9.81. The third-order valence-corrected chi connectivity index (χ3v) is 2.37. The van der Waals surface area contributed by atoms with E-state index in [2.05, 4.69) is 31.2 Å². The molecule has 0 atom stereocenters. The Kier molecular flexibility index (Phi) is 3.26. The molecule has 0 spiro atoms. The van der Waals surface area contributed by atoms with Crippen LogP contribution in [0.4, 0.5) is 5.69 Å². The van der Waals surface area contributed by atoms with E-state index in [1.54, 1.807) is 42.9 Å². The largest absolute Gasteiger partial charge is 0.321 e. The Bertz CT molecular complexity index is 484. The molecule has 1 N–H and O–H groups in total. The van der Waals surface area contributed by atoms with Gasteiger partial charge in [-0.15, -0.1) is 0 Å². The molecule has 16 heavy (non-hydrogen) atoms. The molecule has 0 radical (unpaired) electrons. The molecule has 2 heterocycles. The van der Waals surface area contributed by atoms with Crippen molar-refractivity contribution < 1.29 is 4.79 Å². The molecule has 1 amide bonds. The average Bonchev–Trinajstić information content (AvgIpc) is 2.31. The number of rotatable bonds is 2. The van der Waals surface area contributed by atoms with Gasteiger partial charge in [0.25, 0.3) is 5.91 Å². The molecule has 80 valence electrons. The van der Waals surface area contributed by atoms with Crippen molar-refractivity contribution >= 4 is 27.5 Å². The van der Waals surface area contributed by atoms with E-state index in [1.165, 1.54) is 0 Å². The van der Waals surface area contributed by atoms with Gasteiger partial charge in [-0.3, -0.25) is 9.78 Å². The minimum absolute atomic E-state index is 0.237. The maximum absolute atomic E-state index is 11.7. The molecule has 0 fully saturated rings. The van der Waals surface area contributed by atoms with Crippen molar-refractivity contribution in [3.8, 4) is 0 Å². The minimum atomic E-state index is -0.237. The van der Waals surface area contributed by atoms with Crippen molar-refractivity contribution in [3.63, 3.8) is 0 Å². The van der Waals surface area contributed by atoms with E-state index in [4.69, 9.17) is 0 Å². The van der Waals surface area contributed by atoms with Crippen LogP contribution in [0, 0.1) is 0 Å². The van der Waals surface area contributed by atoms with Gasteiger partial charge >= 0.3 is 0 Å². The number of amides is 1. The summed E-state index contributed by atoms with van der Waals surface area (Å²) < 4.78 is 0.841. The summed E-state index contributed by atoms with van der Waals surface area (Å²) in [5, 5.41) is 2.72. The van der Waals surface area contributed by atoms with Crippen LogP contribution in [0.2, 0.25) is 0 Å². The fourth-order valence-corrected chi connectivity index (χ4v) is 1.38. The molecule has 0 saturated carbocycles. The molecule has 0 bridgehead atoms. The minimum Gasteiger partial charge on any atom is -0.321 e. The predicted octanol–water partition coefficient (Wildman–Crippen LogP) is 2.49. The number of nitrogens with zero attached hydrogens (tertiary/aromatic N) is 2. The maximum atomic E-state index is 11.7. The number of carbonyl (C=O) groups excluding carboxylic acids is 1. The van der Waals surface area contributed by atoms with Crippen LogP contribution in [0.15, 0.2) is 47.3 Å². The van der Waals surface area contributed by atoms with E-state index in [0.717, 1.165) is 4.47 Å². The van der Waals surface area contributed by atoms with Crippen LogP contribution in [0.1, 0.15) is 10.5 Å². The Morgan fingerprint density at radius 1 is 1.19 bits per heavy atom. The van der Waals surface area contributed by atoms with Gasteiger partial charge in [0.1, 0.15) is 5.69 Å². The maximum Gasteiger partial charge on any atom is 0.274 e. The molecule has 5 heteroatoms. The lowest BCUT2D eigenvalue weighted by Gasteiger charge is -2.03. The van der Waals surface area contributed by atoms with Gasteiger partial charge in [0.15, 0.2) is 0 Å². The molecule has 2 aromatic rings. The summed E-state index contributed by atoms with van der Waals surface area (Å²) in [5.74, 6) is -0.237. The van der Waals surface area contributed by atoms with E-state index in [9.17, 15) is 4.79 Å². The highest BCUT2D eigenvalue weighted by atomic mass is 79.9. The second-order valence-corrected chi connectivity index (χ2v) is 3.97. The van der Waals surface area contributed by atoms with Crippen LogP contribution in [0.5, 0.6) is 0 Å². The number of hydrogen-bond acceptors (Lipinski definition) is 3. The smallest absolute Gasteiger partial charge is 0.274 e. The van der Waals surface area contributed by atoms with Gasteiger partial charge in [-0.1, -0.05) is 0 Å². The van der Waals surface area contributed by atoms with Crippen LogP contribution in [-0.2, 0) is 0 Å². The molecule has 2 rings (SSSR count). The van der Waals surface area contributed by atoms with Gasteiger partial charge in [0, 0.05) is 28.8 Å². The van der Waals surface area contributed by atoms with Crippen molar-refractivity contribution in [2.24, 2.45) is 0 Å². The quantitative estimate of drug-likeness (QED) is 0.918. The van der Waals surface area contributed by atoms with Crippen LogP contribution in [-0.4, -0.2) is 15.9 Å². The molecule has 0 aliphatic carbocycles. The SMILES string of the molecule is O=C(Nc1ccncc1)c1ccc(Br)cn1. The number of hydrogen-bond donors (Lipinski definition) is 1. The molecule has 0 aliphatic heterocycles. The van der Waals surface area contributed by atoms with Crippen molar-refractivity contribution in [3.05, 3.63) is 53.0 Å². The second kappa shape index (κ2) is 4.85.